The van der Waals surface area contributed by atoms with Gasteiger partial charge in [-0.3, -0.25) is 0 Å². The zero-order chi connectivity index (χ0) is 9.26. The predicted molar refractivity (Wildman–Crippen MR) is 48.7 cm³/mol. The highest BCUT2D eigenvalue weighted by atomic mass is 16.4. The number of oxime groups is 1. The van der Waals surface area contributed by atoms with Crippen LogP contribution in [0.5, 0.6) is 0 Å². The number of hydrogen-bond donors (Lipinski definition) is 2. The highest BCUT2D eigenvalue weighted by Gasteiger charge is 2.01. The van der Waals surface area contributed by atoms with Gasteiger partial charge in [0.15, 0.2) is 5.84 Å². The molecular weight excluding hydrogens is 168 g/mol. The first-order valence-corrected chi connectivity index (χ1v) is 3.76. The van der Waals surface area contributed by atoms with Crippen molar-refractivity contribution >= 4 is 16.8 Å². The van der Waals surface area contributed by atoms with E-state index in [9.17, 15) is 0 Å². The quantitative estimate of drug-likeness (QED) is 0.299. The summed E-state index contributed by atoms with van der Waals surface area (Å²) in [5, 5.41) is 12.3. The van der Waals surface area contributed by atoms with Crippen molar-refractivity contribution in [3.05, 3.63) is 36.1 Å². The molecule has 0 saturated carbocycles. The molecule has 0 radical (unpaired) electrons. The number of furan rings is 1. The summed E-state index contributed by atoms with van der Waals surface area (Å²) in [6.07, 6.45) is 1.60. The molecule has 0 bridgehead atoms. The Labute approximate surface area is 74.3 Å². The monoisotopic (exact) mass is 176 g/mol. The zero-order valence-corrected chi connectivity index (χ0v) is 6.77. The van der Waals surface area contributed by atoms with Gasteiger partial charge in [0.05, 0.1) is 6.26 Å². The second-order valence-electron chi connectivity index (χ2n) is 2.66. The van der Waals surface area contributed by atoms with Crippen molar-refractivity contribution < 1.29 is 9.62 Å². The first-order valence-electron chi connectivity index (χ1n) is 3.76. The van der Waals surface area contributed by atoms with E-state index in [0.29, 0.717) is 5.56 Å². The van der Waals surface area contributed by atoms with Gasteiger partial charge in [0.2, 0.25) is 0 Å². The van der Waals surface area contributed by atoms with Crippen LogP contribution in [0.4, 0.5) is 0 Å². The van der Waals surface area contributed by atoms with E-state index in [1.807, 2.05) is 12.1 Å². The van der Waals surface area contributed by atoms with Gasteiger partial charge >= 0.3 is 0 Å². The molecule has 2 aromatic rings. The van der Waals surface area contributed by atoms with Crippen LogP contribution in [0.25, 0.3) is 11.0 Å². The Hall–Kier alpha value is -1.97. The lowest BCUT2D eigenvalue weighted by Crippen LogP contribution is -2.12. The van der Waals surface area contributed by atoms with Crippen molar-refractivity contribution in [3.8, 4) is 0 Å². The fraction of sp³-hybridized carbons (Fsp3) is 0. The molecule has 13 heavy (non-hydrogen) atoms. The van der Waals surface area contributed by atoms with Gasteiger partial charge in [0.1, 0.15) is 5.58 Å². The van der Waals surface area contributed by atoms with Gasteiger partial charge in [-0.1, -0.05) is 17.3 Å². The average molecular weight is 176 g/mol. The van der Waals surface area contributed by atoms with Crippen molar-refractivity contribution in [3.63, 3.8) is 0 Å². The summed E-state index contributed by atoms with van der Waals surface area (Å²) in [5.74, 6) is 0.0818. The molecule has 4 heteroatoms. The van der Waals surface area contributed by atoms with Crippen LogP contribution in [-0.2, 0) is 0 Å². The van der Waals surface area contributed by atoms with Crippen LogP contribution >= 0.6 is 0 Å². The molecule has 1 aromatic heterocycles. The molecule has 2 rings (SSSR count). The summed E-state index contributed by atoms with van der Waals surface area (Å²) < 4.78 is 5.16. The number of fused-ring (bicyclic) bond motifs is 1. The molecule has 0 aliphatic carbocycles. The normalized spacial score (nSPS) is 12.2. The Balaban J connectivity index is 2.60. The van der Waals surface area contributed by atoms with E-state index in [4.69, 9.17) is 15.4 Å². The van der Waals surface area contributed by atoms with E-state index in [1.54, 1.807) is 18.4 Å². The molecule has 0 spiro atoms. The van der Waals surface area contributed by atoms with Crippen LogP contribution < -0.4 is 5.73 Å². The summed E-state index contributed by atoms with van der Waals surface area (Å²) in [4.78, 5) is 0. The van der Waals surface area contributed by atoms with Gasteiger partial charge in [-0.15, -0.1) is 0 Å². The van der Waals surface area contributed by atoms with Crippen molar-refractivity contribution in [2.45, 2.75) is 0 Å². The second kappa shape index (κ2) is 2.82. The molecule has 0 fully saturated rings. The highest BCUT2D eigenvalue weighted by Crippen LogP contribution is 2.16. The molecule has 3 N–H and O–H groups in total. The van der Waals surface area contributed by atoms with Gasteiger partial charge in [0, 0.05) is 10.9 Å². The summed E-state index contributed by atoms with van der Waals surface area (Å²) in [5.41, 5.74) is 6.78. The van der Waals surface area contributed by atoms with Crippen LogP contribution in [0.3, 0.4) is 0 Å². The summed E-state index contributed by atoms with van der Waals surface area (Å²) in [7, 11) is 0. The van der Waals surface area contributed by atoms with E-state index in [1.165, 1.54) is 0 Å². The number of hydrogen-bond acceptors (Lipinski definition) is 3. The Morgan fingerprint density at radius 3 is 3.00 bits per heavy atom. The largest absolute Gasteiger partial charge is 0.464 e. The molecule has 0 atom stereocenters. The molecule has 0 unspecified atom stereocenters. The smallest absolute Gasteiger partial charge is 0.170 e. The molecule has 66 valence electrons. The summed E-state index contributed by atoms with van der Waals surface area (Å²) in [6, 6.07) is 7.20. The minimum absolute atomic E-state index is 0.0818. The van der Waals surface area contributed by atoms with Crippen LogP contribution in [0.15, 0.2) is 40.1 Å². The molecule has 0 aliphatic rings. The fourth-order valence-corrected chi connectivity index (χ4v) is 1.17. The van der Waals surface area contributed by atoms with Crippen molar-refractivity contribution in [2.24, 2.45) is 10.9 Å². The van der Waals surface area contributed by atoms with Crippen LogP contribution in [0.2, 0.25) is 0 Å². The lowest BCUT2D eigenvalue weighted by molar-refractivity contribution is 0.318. The van der Waals surface area contributed by atoms with Gasteiger partial charge in [-0.05, 0) is 12.1 Å². The number of nitrogens with two attached hydrogens (primary N) is 1. The van der Waals surface area contributed by atoms with Gasteiger partial charge < -0.3 is 15.4 Å². The Morgan fingerprint density at radius 1 is 1.38 bits per heavy atom. The van der Waals surface area contributed by atoms with E-state index < -0.39 is 0 Å². The second-order valence-corrected chi connectivity index (χ2v) is 2.66. The molecule has 1 aromatic carbocycles. The number of amidine groups is 1. The average Bonchev–Trinajstić information content (AvgIpc) is 2.63. The molecule has 0 aliphatic heterocycles. The topological polar surface area (TPSA) is 71.8 Å². The van der Waals surface area contributed by atoms with Crippen molar-refractivity contribution in [1.82, 2.24) is 0 Å². The van der Waals surface area contributed by atoms with Crippen LogP contribution in [0.1, 0.15) is 5.56 Å². The van der Waals surface area contributed by atoms with E-state index >= 15 is 0 Å². The maximum Gasteiger partial charge on any atom is 0.170 e. The third kappa shape index (κ3) is 1.22. The predicted octanol–water partition coefficient (Wildman–Crippen LogP) is 1.53. The first kappa shape index (κ1) is 7.67. The Morgan fingerprint density at radius 2 is 2.23 bits per heavy atom. The third-order valence-electron chi connectivity index (χ3n) is 1.86. The maximum absolute atomic E-state index is 8.44. The summed E-state index contributed by atoms with van der Waals surface area (Å²) in [6.45, 7) is 0. The molecular formula is C9H8N2O2. The minimum Gasteiger partial charge on any atom is -0.464 e. The number of rotatable bonds is 1. The molecule has 1 heterocycles. The van der Waals surface area contributed by atoms with Crippen molar-refractivity contribution in [2.75, 3.05) is 0 Å². The first-order chi connectivity index (χ1) is 6.31. The third-order valence-corrected chi connectivity index (χ3v) is 1.86. The summed E-state index contributed by atoms with van der Waals surface area (Å²) >= 11 is 0. The molecule has 4 nitrogen and oxygen atoms in total. The zero-order valence-electron chi connectivity index (χ0n) is 6.77. The highest BCUT2D eigenvalue weighted by molar-refractivity contribution is 5.99. The molecule has 0 amide bonds. The van der Waals surface area contributed by atoms with Crippen LogP contribution in [-0.4, -0.2) is 11.0 Å². The van der Waals surface area contributed by atoms with Gasteiger partial charge in [-0.25, -0.2) is 0 Å². The lowest BCUT2D eigenvalue weighted by atomic mass is 10.1. The maximum atomic E-state index is 8.44. The van der Waals surface area contributed by atoms with E-state index in [2.05, 4.69) is 5.16 Å². The number of benzene rings is 1. The Bertz CT molecular complexity index is 459. The van der Waals surface area contributed by atoms with Gasteiger partial charge in [-0.2, -0.15) is 0 Å². The standard InChI is InChI=1S/C9H8N2O2/c10-9(11-12)7-2-1-6-3-4-13-8(6)5-7/h1-5,12H,(H2,10,11). The van der Waals surface area contributed by atoms with Crippen molar-refractivity contribution in [1.29, 1.82) is 0 Å². The molecule has 0 saturated heterocycles. The Kier molecular flexibility index (Phi) is 1.66. The van der Waals surface area contributed by atoms with E-state index in [-0.39, 0.29) is 5.84 Å². The van der Waals surface area contributed by atoms with Gasteiger partial charge in [0.25, 0.3) is 0 Å². The van der Waals surface area contributed by atoms with E-state index in [0.717, 1.165) is 11.0 Å². The number of nitrogens with zero attached hydrogens (tertiary/aromatic N) is 1. The van der Waals surface area contributed by atoms with Crippen LogP contribution in [0, 0.1) is 0 Å². The fourth-order valence-electron chi connectivity index (χ4n) is 1.17. The minimum atomic E-state index is 0.0818. The lowest BCUT2D eigenvalue weighted by Gasteiger charge is -1.96. The SMILES string of the molecule is N/C(=N/O)c1ccc2ccoc2c1.